The van der Waals surface area contributed by atoms with Crippen LogP contribution in [0, 0.1) is 0 Å². The topological polar surface area (TPSA) is 3.24 Å². The fraction of sp³-hybridized carbons (Fsp3) is 1.00. The Morgan fingerprint density at radius 3 is 2.62 bits per heavy atom. The second-order valence-corrected chi connectivity index (χ2v) is 3.98. The van der Waals surface area contributed by atoms with Crippen molar-refractivity contribution >= 4 is 22.3 Å². The molecule has 1 radical (unpaired) electrons. The number of rotatable bonds is 0. The third-order valence-electron chi connectivity index (χ3n) is 1.70. The zero-order valence-electron chi connectivity index (χ0n) is 5.26. The van der Waals surface area contributed by atoms with Crippen LogP contribution >= 0.6 is 0 Å². The molecule has 0 spiro atoms. The predicted molar refractivity (Wildman–Crippen MR) is 36.0 cm³/mol. The van der Waals surface area contributed by atoms with Crippen molar-refractivity contribution in [2.45, 2.75) is 23.4 Å². The molecule has 0 N–H and O–H groups in total. The van der Waals surface area contributed by atoms with Crippen LogP contribution in [-0.2, 0) is 0 Å². The van der Waals surface area contributed by atoms with E-state index in [-0.39, 0.29) is 0 Å². The molecule has 1 unspecified atom stereocenters. The van der Waals surface area contributed by atoms with Gasteiger partial charge in [0.25, 0.3) is 0 Å². The first-order chi connectivity index (χ1) is 3.80. The number of piperidine rings is 1. The van der Waals surface area contributed by atoms with Crippen LogP contribution in [-0.4, -0.2) is 44.9 Å². The van der Waals surface area contributed by atoms with Crippen molar-refractivity contribution in [1.29, 1.82) is 0 Å². The molecule has 47 valence electrons. The first-order valence-corrected chi connectivity index (χ1v) is 4.51. The third kappa shape index (κ3) is 1.62. The molecule has 2 heteroatoms. The molecule has 0 amide bonds. The Morgan fingerprint density at radius 1 is 1.50 bits per heavy atom. The second kappa shape index (κ2) is 3.06. The summed E-state index contributed by atoms with van der Waals surface area (Å²) < 4.78 is 0.847. The average Bonchev–Trinajstić information content (AvgIpc) is 1.77. The van der Waals surface area contributed by atoms with E-state index in [1.54, 1.807) is 0 Å². The summed E-state index contributed by atoms with van der Waals surface area (Å²) in [6, 6.07) is 0. The first-order valence-electron chi connectivity index (χ1n) is 3.17. The van der Waals surface area contributed by atoms with E-state index in [1.807, 2.05) is 0 Å². The number of hydrogen-bond acceptors (Lipinski definition) is 1. The zero-order valence-corrected chi connectivity index (χ0v) is 7.59. The average molecular weight is 226 g/mol. The molecular formula is C6H12NTe. The molecule has 1 heterocycles. The minimum absolute atomic E-state index is 0.847. The standard InChI is InChI=1S/C6H12NTe/c1-7-5-3-2-4-6(7)8/h6H,2-5H2,1H3. The molecule has 1 aliphatic heterocycles. The van der Waals surface area contributed by atoms with Gasteiger partial charge in [-0.2, -0.15) is 0 Å². The van der Waals surface area contributed by atoms with Crippen LogP contribution in [0.2, 0.25) is 0 Å². The van der Waals surface area contributed by atoms with E-state index in [2.05, 4.69) is 34.2 Å². The Bertz CT molecular complexity index is 64.9. The van der Waals surface area contributed by atoms with E-state index >= 15 is 0 Å². The van der Waals surface area contributed by atoms with Crippen LogP contribution in [0.5, 0.6) is 0 Å². The molecule has 0 aromatic carbocycles. The maximum absolute atomic E-state index is 2.44. The Labute approximate surface area is 64.3 Å². The fourth-order valence-corrected chi connectivity index (χ4v) is 1.82. The van der Waals surface area contributed by atoms with E-state index in [1.165, 1.54) is 25.8 Å². The zero-order chi connectivity index (χ0) is 5.98. The Kier molecular flexibility index (Phi) is 2.62. The summed E-state index contributed by atoms with van der Waals surface area (Å²) >= 11 is 2.24. The van der Waals surface area contributed by atoms with Crippen molar-refractivity contribution in [2.24, 2.45) is 0 Å². The van der Waals surface area contributed by atoms with Crippen LogP contribution in [0.4, 0.5) is 0 Å². The summed E-state index contributed by atoms with van der Waals surface area (Å²) in [5.74, 6) is 0. The Hall–Kier alpha value is 0.750. The van der Waals surface area contributed by atoms with Gasteiger partial charge in [0.05, 0.1) is 0 Å². The summed E-state index contributed by atoms with van der Waals surface area (Å²) in [5.41, 5.74) is 0. The van der Waals surface area contributed by atoms with Crippen LogP contribution in [0.1, 0.15) is 19.3 Å². The first kappa shape index (κ1) is 6.86. The molecule has 1 rings (SSSR count). The molecule has 0 bridgehead atoms. The van der Waals surface area contributed by atoms with Gasteiger partial charge < -0.3 is 0 Å². The van der Waals surface area contributed by atoms with Crippen molar-refractivity contribution in [2.75, 3.05) is 13.6 Å². The maximum atomic E-state index is 2.44. The van der Waals surface area contributed by atoms with Crippen LogP contribution in [0.25, 0.3) is 0 Å². The number of nitrogens with zero attached hydrogens (tertiary/aromatic N) is 1. The Balaban J connectivity index is 2.28. The fourth-order valence-electron chi connectivity index (χ4n) is 1.04. The van der Waals surface area contributed by atoms with Crippen molar-refractivity contribution in [3.63, 3.8) is 0 Å². The van der Waals surface area contributed by atoms with Gasteiger partial charge >= 0.3 is 64.1 Å². The molecule has 1 nitrogen and oxygen atoms in total. The molecule has 1 saturated heterocycles. The molecule has 1 aliphatic rings. The summed E-state index contributed by atoms with van der Waals surface area (Å²) in [4.78, 5) is 2.44. The van der Waals surface area contributed by atoms with Gasteiger partial charge in [-0.3, -0.25) is 0 Å². The minimum atomic E-state index is 0.847. The van der Waals surface area contributed by atoms with Crippen molar-refractivity contribution in [3.8, 4) is 0 Å². The van der Waals surface area contributed by atoms with Gasteiger partial charge in [-0.25, -0.2) is 0 Å². The van der Waals surface area contributed by atoms with Gasteiger partial charge in [0.2, 0.25) is 0 Å². The van der Waals surface area contributed by atoms with Crippen LogP contribution in [0.3, 0.4) is 0 Å². The monoisotopic (exact) mass is 228 g/mol. The summed E-state index contributed by atoms with van der Waals surface area (Å²) in [6.45, 7) is 1.31. The molecule has 0 aromatic rings. The molecule has 1 fully saturated rings. The Morgan fingerprint density at radius 2 is 2.25 bits per heavy atom. The summed E-state index contributed by atoms with van der Waals surface area (Å²) in [5, 5.41) is 0. The normalized spacial score (nSPS) is 33.0. The van der Waals surface area contributed by atoms with E-state index < -0.39 is 0 Å². The number of likely N-dealkylation sites (tertiary alicyclic amines) is 1. The van der Waals surface area contributed by atoms with E-state index in [9.17, 15) is 0 Å². The van der Waals surface area contributed by atoms with Gasteiger partial charge in [0.1, 0.15) is 0 Å². The molecule has 0 aromatic heterocycles. The van der Waals surface area contributed by atoms with Crippen LogP contribution in [0.15, 0.2) is 0 Å². The quantitative estimate of drug-likeness (QED) is 0.546. The van der Waals surface area contributed by atoms with Gasteiger partial charge in [-0.05, 0) is 0 Å². The molecule has 0 saturated carbocycles. The van der Waals surface area contributed by atoms with E-state index in [0.717, 1.165) is 4.09 Å². The molecule has 1 atom stereocenters. The van der Waals surface area contributed by atoms with Gasteiger partial charge in [0, 0.05) is 0 Å². The summed E-state index contributed by atoms with van der Waals surface area (Å²) in [6.07, 6.45) is 4.25. The van der Waals surface area contributed by atoms with Gasteiger partial charge in [-0.1, -0.05) is 0 Å². The van der Waals surface area contributed by atoms with Crippen molar-refractivity contribution in [1.82, 2.24) is 4.90 Å². The predicted octanol–water partition coefficient (Wildman–Crippen LogP) is 0.597. The van der Waals surface area contributed by atoms with E-state index in [4.69, 9.17) is 0 Å². The summed E-state index contributed by atoms with van der Waals surface area (Å²) in [7, 11) is 2.21. The SMILES string of the molecule is CN1CCCCC1[Te]. The van der Waals surface area contributed by atoms with Crippen molar-refractivity contribution in [3.05, 3.63) is 0 Å². The molecule has 8 heavy (non-hydrogen) atoms. The molecular weight excluding hydrogens is 214 g/mol. The molecule has 0 aliphatic carbocycles. The second-order valence-electron chi connectivity index (χ2n) is 2.43. The third-order valence-corrected chi connectivity index (χ3v) is 3.40. The number of hydrogen-bond donors (Lipinski definition) is 0. The van der Waals surface area contributed by atoms with Gasteiger partial charge in [0.15, 0.2) is 0 Å². The van der Waals surface area contributed by atoms with Gasteiger partial charge in [-0.15, -0.1) is 0 Å². The van der Waals surface area contributed by atoms with Crippen LogP contribution < -0.4 is 0 Å². The van der Waals surface area contributed by atoms with E-state index in [0.29, 0.717) is 0 Å². The van der Waals surface area contributed by atoms with Crippen molar-refractivity contribution < 1.29 is 0 Å².